The fraction of sp³-hybridized carbons (Fsp3) is 0.588. The van der Waals surface area contributed by atoms with E-state index in [4.69, 9.17) is 5.73 Å². The Morgan fingerprint density at radius 1 is 1.29 bits per heavy atom. The molecule has 0 saturated carbocycles. The van der Waals surface area contributed by atoms with Crippen LogP contribution in [0.25, 0.3) is 0 Å². The van der Waals surface area contributed by atoms with Crippen LogP contribution in [0.15, 0.2) is 30.3 Å². The van der Waals surface area contributed by atoms with Gasteiger partial charge in [0.1, 0.15) is 6.04 Å². The minimum absolute atomic E-state index is 0. The van der Waals surface area contributed by atoms with Crippen LogP contribution in [0, 0.1) is 0 Å². The Hall–Kier alpha value is -0.850. The van der Waals surface area contributed by atoms with Crippen molar-refractivity contribution >= 4 is 30.7 Å². The Bertz CT molecular complexity index is 488. The maximum Gasteiger partial charge on any atom is 0.244 e. The van der Waals surface area contributed by atoms with E-state index < -0.39 is 6.04 Å². The first kappa shape index (κ1) is 23.1. The third-order valence-corrected chi connectivity index (χ3v) is 4.31. The zero-order chi connectivity index (χ0) is 16.1. The molecule has 1 aromatic carbocycles. The summed E-state index contributed by atoms with van der Waals surface area (Å²) in [5.41, 5.74) is 6.98. The number of nitrogens with two attached hydrogens (primary N) is 1. The Kier molecular flexibility index (Phi) is 10.5. The molecule has 1 fully saturated rings. The van der Waals surface area contributed by atoms with E-state index >= 15 is 0 Å². The predicted octanol–water partition coefficient (Wildman–Crippen LogP) is 1.83. The van der Waals surface area contributed by atoms with Gasteiger partial charge in [0.2, 0.25) is 5.91 Å². The third kappa shape index (κ3) is 5.90. The van der Waals surface area contributed by atoms with Crippen LogP contribution in [0.2, 0.25) is 0 Å². The lowest BCUT2D eigenvalue weighted by Crippen LogP contribution is -2.57. The molecule has 3 atom stereocenters. The summed E-state index contributed by atoms with van der Waals surface area (Å²) < 4.78 is 0. The fourth-order valence-corrected chi connectivity index (χ4v) is 3.06. The van der Waals surface area contributed by atoms with Gasteiger partial charge in [-0.15, -0.1) is 24.8 Å². The molecule has 1 aliphatic heterocycles. The van der Waals surface area contributed by atoms with Crippen LogP contribution in [-0.2, 0) is 4.79 Å². The smallest absolute Gasteiger partial charge is 0.244 e. The molecule has 3 unspecified atom stereocenters. The van der Waals surface area contributed by atoms with Gasteiger partial charge >= 0.3 is 0 Å². The zero-order valence-corrected chi connectivity index (χ0v) is 15.9. The van der Waals surface area contributed by atoms with E-state index in [0.29, 0.717) is 19.6 Å². The van der Waals surface area contributed by atoms with E-state index in [-0.39, 0.29) is 42.9 Å². The molecule has 1 saturated heterocycles. The highest BCUT2D eigenvalue weighted by atomic mass is 35.5. The van der Waals surface area contributed by atoms with Crippen LogP contribution in [0.3, 0.4) is 0 Å². The Balaban J connectivity index is 0.00000264. The molecule has 0 spiro atoms. The molecule has 138 valence electrons. The van der Waals surface area contributed by atoms with E-state index in [2.05, 4.69) is 11.8 Å². The number of nitrogens with zero attached hydrogens (tertiary/aromatic N) is 2. The van der Waals surface area contributed by atoms with E-state index in [0.717, 1.165) is 18.5 Å². The van der Waals surface area contributed by atoms with E-state index in [1.165, 1.54) is 0 Å². The highest BCUT2D eigenvalue weighted by molar-refractivity contribution is 5.85. The number of carbonyl (C=O) groups excluding carboxylic acids is 1. The first-order valence-corrected chi connectivity index (χ1v) is 8.04. The standard InChI is InChI=1S/C17H27N3O2.2ClH/c1-3-15-12-20(10-9-19(15)11-13(2)21)17(22)16(18)14-7-5-4-6-8-14;;/h4-8,13,15-16,21H,3,9-12,18H2,1-2H3;2*1H. The van der Waals surface area contributed by atoms with Crippen LogP contribution >= 0.6 is 24.8 Å². The summed E-state index contributed by atoms with van der Waals surface area (Å²) in [4.78, 5) is 16.8. The Labute approximate surface area is 157 Å². The second-order valence-corrected chi connectivity index (χ2v) is 6.08. The van der Waals surface area contributed by atoms with E-state index in [1.54, 1.807) is 6.92 Å². The Morgan fingerprint density at radius 2 is 1.92 bits per heavy atom. The van der Waals surface area contributed by atoms with Crippen LogP contribution in [0.5, 0.6) is 0 Å². The molecule has 3 N–H and O–H groups in total. The lowest BCUT2D eigenvalue weighted by Gasteiger charge is -2.42. The summed E-state index contributed by atoms with van der Waals surface area (Å²) >= 11 is 0. The number of hydrogen-bond donors (Lipinski definition) is 2. The lowest BCUT2D eigenvalue weighted by molar-refractivity contribution is -0.136. The minimum Gasteiger partial charge on any atom is -0.392 e. The van der Waals surface area contributed by atoms with Crippen molar-refractivity contribution < 1.29 is 9.90 Å². The molecule has 5 nitrogen and oxygen atoms in total. The van der Waals surface area contributed by atoms with Crippen LogP contribution in [0.4, 0.5) is 0 Å². The predicted molar refractivity (Wildman–Crippen MR) is 102 cm³/mol. The highest BCUT2D eigenvalue weighted by Crippen LogP contribution is 2.18. The largest absolute Gasteiger partial charge is 0.392 e. The summed E-state index contributed by atoms with van der Waals surface area (Å²) in [6, 6.07) is 9.20. The number of β-amino-alcohol motifs (C(OH)–C–C–N with tert-alkyl or cyclic N) is 1. The SMILES string of the molecule is CCC1CN(C(=O)C(N)c2ccccc2)CCN1CC(C)O.Cl.Cl. The number of carbonyl (C=O) groups is 1. The molecule has 0 radical (unpaired) electrons. The lowest BCUT2D eigenvalue weighted by atomic mass is 10.0. The number of halogens is 2. The van der Waals surface area contributed by atoms with Gasteiger partial charge in [0.25, 0.3) is 0 Å². The molecular weight excluding hydrogens is 349 g/mol. The van der Waals surface area contributed by atoms with Crippen LogP contribution in [-0.4, -0.2) is 59.1 Å². The van der Waals surface area contributed by atoms with Crippen molar-refractivity contribution in [2.45, 2.75) is 38.5 Å². The minimum atomic E-state index is -0.595. The molecule has 24 heavy (non-hydrogen) atoms. The summed E-state index contributed by atoms with van der Waals surface area (Å²) in [5, 5.41) is 9.59. The van der Waals surface area contributed by atoms with Gasteiger partial charge in [-0.3, -0.25) is 9.69 Å². The maximum atomic E-state index is 12.6. The average molecular weight is 378 g/mol. The van der Waals surface area contributed by atoms with Gasteiger partial charge < -0.3 is 15.7 Å². The van der Waals surface area contributed by atoms with E-state index in [9.17, 15) is 9.90 Å². The van der Waals surface area contributed by atoms with Crippen molar-refractivity contribution in [3.63, 3.8) is 0 Å². The van der Waals surface area contributed by atoms with Crippen molar-refractivity contribution in [3.05, 3.63) is 35.9 Å². The molecule has 1 aliphatic rings. The number of rotatable bonds is 5. The van der Waals surface area contributed by atoms with Crippen LogP contribution < -0.4 is 5.73 Å². The van der Waals surface area contributed by atoms with Gasteiger partial charge in [0.05, 0.1) is 6.10 Å². The molecule has 1 heterocycles. The van der Waals surface area contributed by atoms with Crippen molar-refractivity contribution in [2.24, 2.45) is 5.73 Å². The molecule has 0 aliphatic carbocycles. The molecule has 0 bridgehead atoms. The Morgan fingerprint density at radius 3 is 2.46 bits per heavy atom. The number of amides is 1. The van der Waals surface area contributed by atoms with Crippen molar-refractivity contribution in [2.75, 3.05) is 26.2 Å². The quantitative estimate of drug-likeness (QED) is 0.820. The van der Waals surface area contributed by atoms with Crippen LogP contribution in [0.1, 0.15) is 31.9 Å². The number of aliphatic hydroxyl groups is 1. The molecule has 7 heteroatoms. The second-order valence-electron chi connectivity index (χ2n) is 6.08. The van der Waals surface area contributed by atoms with Gasteiger partial charge in [-0.1, -0.05) is 37.3 Å². The second kappa shape index (κ2) is 10.9. The van der Waals surface area contributed by atoms with E-state index in [1.807, 2.05) is 35.2 Å². The van der Waals surface area contributed by atoms with Gasteiger partial charge in [-0.05, 0) is 18.9 Å². The third-order valence-electron chi connectivity index (χ3n) is 4.31. The fourth-order valence-electron chi connectivity index (χ4n) is 3.06. The molecule has 1 aromatic rings. The zero-order valence-electron chi connectivity index (χ0n) is 14.3. The highest BCUT2D eigenvalue weighted by Gasteiger charge is 2.31. The molecular formula is C17H29Cl2N3O2. The number of piperazine rings is 1. The summed E-state index contributed by atoms with van der Waals surface area (Å²) in [6.45, 7) is 6.72. The monoisotopic (exact) mass is 377 g/mol. The van der Waals surface area contributed by atoms with Crippen molar-refractivity contribution in [1.29, 1.82) is 0 Å². The summed E-state index contributed by atoms with van der Waals surface area (Å²) in [7, 11) is 0. The van der Waals surface area contributed by atoms with Crippen molar-refractivity contribution in [1.82, 2.24) is 9.80 Å². The number of benzene rings is 1. The topological polar surface area (TPSA) is 69.8 Å². The normalized spacial score (nSPS) is 20.5. The average Bonchev–Trinajstić information content (AvgIpc) is 2.54. The van der Waals surface area contributed by atoms with Gasteiger partial charge in [0, 0.05) is 32.2 Å². The molecule has 1 amide bonds. The first-order valence-electron chi connectivity index (χ1n) is 8.04. The van der Waals surface area contributed by atoms with Gasteiger partial charge in [0.15, 0.2) is 0 Å². The van der Waals surface area contributed by atoms with Gasteiger partial charge in [-0.25, -0.2) is 0 Å². The first-order chi connectivity index (χ1) is 10.5. The summed E-state index contributed by atoms with van der Waals surface area (Å²) in [6.07, 6.45) is 0.611. The summed E-state index contributed by atoms with van der Waals surface area (Å²) in [5.74, 6) is -0.0126. The molecule has 2 rings (SSSR count). The van der Waals surface area contributed by atoms with Crippen molar-refractivity contribution in [3.8, 4) is 0 Å². The maximum absolute atomic E-state index is 12.6. The molecule has 0 aromatic heterocycles. The number of aliphatic hydroxyl groups excluding tert-OH is 1. The number of hydrogen-bond acceptors (Lipinski definition) is 4. The van der Waals surface area contributed by atoms with Gasteiger partial charge in [-0.2, -0.15) is 0 Å².